The third-order valence-corrected chi connectivity index (χ3v) is 1.79. The van der Waals surface area contributed by atoms with Gasteiger partial charge in [-0.15, -0.1) is 0 Å². The monoisotopic (exact) mass is 206 g/mol. The third kappa shape index (κ3) is 4.22. The van der Waals surface area contributed by atoms with Gasteiger partial charge < -0.3 is 14.6 Å². The molecule has 0 bridgehead atoms. The van der Waals surface area contributed by atoms with Gasteiger partial charge >= 0.3 is 0 Å². The molecule has 0 spiro atoms. The topological polar surface area (TPSA) is 38.7 Å². The highest BCUT2D eigenvalue weighted by atomic mass is 16.5. The van der Waals surface area contributed by atoms with Crippen molar-refractivity contribution in [1.82, 2.24) is 0 Å². The Morgan fingerprint density at radius 2 is 1.47 bits per heavy atom. The van der Waals surface area contributed by atoms with E-state index < -0.39 is 0 Å². The summed E-state index contributed by atoms with van der Waals surface area (Å²) in [6.07, 6.45) is 5.83. The van der Waals surface area contributed by atoms with Crippen LogP contribution in [0.2, 0.25) is 0 Å². The van der Waals surface area contributed by atoms with E-state index in [0.717, 1.165) is 11.1 Å². The maximum atomic E-state index is 9.10. The van der Waals surface area contributed by atoms with Gasteiger partial charge in [-0.3, -0.25) is 0 Å². The van der Waals surface area contributed by atoms with Gasteiger partial charge in [0, 0.05) is 0 Å². The molecule has 1 aliphatic heterocycles. The van der Waals surface area contributed by atoms with E-state index in [2.05, 4.69) is 9.47 Å². The van der Waals surface area contributed by atoms with Crippen LogP contribution in [0.25, 0.3) is 0 Å². The molecular weight excluding hydrogens is 192 g/mol. The first-order valence-corrected chi connectivity index (χ1v) is 4.57. The maximum Gasteiger partial charge on any atom is 0.125 e. The number of phenolic OH excluding ortho intramolecular Hbond substituents is 1. The van der Waals surface area contributed by atoms with E-state index in [1.165, 1.54) is 25.0 Å². The number of hydrogen-bond donors (Lipinski definition) is 1. The summed E-state index contributed by atoms with van der Waals surface area (Å²) < 4.78 is 9.17. The van der Waals surface area contributed by atoms with Crippen LogP contribution in [0.3, 0.4) is 0 Å². The van der Waals surface area contributed by atoms with Crippen molar-refractivity contribution in [2.24, 2.45) is 0 Å². The molecule has 3 heteroatoms. The summed E-state index contributed by atoms with van der Waals surface area (Å²) in [6.45, 7) is 3.84. The number of benzene rings is 1. The lowest BCUT2D eigenvalue weighted by Crippen LogP contribution is -1.74. The standard InChI is InChI=1S/C8H10O.C4H4O2/c1-6-3-4-7(2)8(9)5-6;1-2-6-4-3-5-1/h3-5,9H,1-2H3;1-4H. The average Bonchev–Trinajstić information content (AvgIpc) is 2.27. The third-order valence-electron chi connectivity index (χ3n) is 1.79. The first-order valence-electron chi connectivity index (χ1n) is 4.57. The first-order chi connectivity index (χ1) is 7.20. The number of aryl methyl sites for hydroxylation is 2. The number of aromatic hydroxyl groups is 1. The van der Waals surface area contributed by atoms with Crippen LogP contribution in [0.1, 0.15) is 11.1 Å². The predicted octanol–water partition coefficient (Wildman–Crippen LogP) is 2.98. The van der Waals surface area contributed by atoms with Crippen molar-refractivity contribution in [3.63, 3.8) is 0 Å². The summed E-state index contributed by atoms with van der Waals surface area (Å²) in [4.78, 5) is 0. The van der Waals surface area contributed by atoms with E-state index in [1.54, 1.807) is 6.07 Å². The second-order valence-electron chi connectivity index (χ2n) is 3.11. The lowest BCUT2D eigenvalue weighted by Gasteiger charge is -1.97. The van der Waals surface area contributed by atoms with Gasteiger partial charge in [-0.25, -0.2) is 0 Å². The van der Waals surface area contributed by atoms with Crippen molar-refractivity contribution in [3.8, 4) is 5.75 Å². The van der Waals surface area contributed by atoms with Gasteiger partial charge in [0.2, 0.25) is 0 Å². The largest absolute Gasteiger partial charge is 0.508 e. The van der Waals surface area contributed by atoms with E-state index in [9.17, 15) is 0 Å². The molecule has 3 nitrogen and oxygen atoms in total. The van der Waals surface area contributed by atoms with E-state index in [4.69, 9.17) is 5.11 Å². The van der Waals surface area contributed by atoms with Gasteiger partial charge in [0.15, 0.2) is 0 Å². The number of phenols is 1. The van der Waals surface area contributed by atoms with Crippen LogP contribution in [0.4, 0.5) is 0 Å². The van der Waals surface area contributed by atoms with Gasteiger partial charge in [0.05, 0.1) is 0 Å². The Kier molecular flexibility index (Phi) is 4.29. The molecule has 0 atom stereocenters. The lowest BCUT2D eigenvalue weighted by atomic mass is 10.1. The summed E-state index contributed by atoms with van der Waals surface area (Å²) >= 11 is 0. The molecule has 1 heterocycles. The molecule has 0 unspecified atom stereocenters. The zero-order chi connectivity index (χ0) is 11.1. The summed E-state index contributed by atoms with van der Waals surface area (Å²) in [7, 11) is 0. The van der Waals surface area contributed by atoms with E-state index in [1.807, 2.05) is 26.0 Å². The Morgan fingerprint density at radius 1 is 0.933 bits per heavy atom. The number of hydrogen-bond acceptors (Lipinski definition) is 3. The Labute approximate surface area is 89.3 Å². The second-order valence-corrected chi connectivity index (χ2v) is 3.11. The Balaban J connectivity index is 0.000000162. The van der Waals surface area contributed by atoms with Crippen LogP contribution >= 0.6 is 0 Å². The van der Waals surface area contributed by atoms with Crippen molar-refractivity contribution in [1.29, 1.82) is 0 Å². The minimum absolute atomic E-state index is 0.384. The van der Waals surface area contributed by atoms with Crippen LogP contribution in [0.5, 0.6) is 5.75 Å². The molecule has 0 radical (unpaired) electrons. The summed E-state index contributed by atoms with van der Waals surface area (Å²) in [5.41, 5.74) is 2.03. The number of rotatable bonds is 0. The fourth-order valence-electron chi connectivity index (χ4n) is 0.938. The normalized spacial score (nSPS) is 12.1. The lowest BCUT2D eigenvalue weighted by molar-refractivity contribution is 0.290. The second kappa shape index (κ2) is 5.75. The van der Waals surface area contributed by atoms with Gasteiger partial charge in [0.25, 0.3) is 0 Å². The number of ether oxygens (including phenoxy) is 2. The molecule has 2 rings (SSSR count). The molecule has 0 fully saturated rings. The van der Waals surface area contributed by atoms with Crippen molar-refractivity contribution in [2.45, 2.75) is 13.8 Å². The molecule has 15 heavy (non-hydrogen) atoms. The molecule has 1 aliphatic rings. The molecule has 0 aromatic heterocycles. The quantitative estimate of drug-likeness (QED) is 0.709. The molecule has 1 aromatic carbocycles. The molecule has 0 saturated heterocycles. The molecular formula is C12H14O3. The summed E-state index contributed by atoms with van der Waals surface area (Å²) in [5.74, 6) is 0.384. The van der Waals surface area contributed by atoms with Crippen LogP contribution in [-0.4, -0.2) is 5.11 Å². The van der Waals surface area contributed by atoms with Crippen LogP contribution < -0.4 is 0 Å². The molecule has 0 amide bonds. The van der Waals surface area contributed by atoms with Crippen LogP contribution in [-0.2, 0) is 9.47 Å². The first kappa shape index (κ1) is 11.2. The highest BCUT2D eigenvalue weighted by Gasteiger charge is 1.91. The van der Waals surface area contributed by atoms with Crippen LogP contribution in [0.15, 0.2) is 43.2 Å². The minimum atomic E-state index is 0.384. The molecule has 0 aliphatic carbocycles. The van der Waals surface area contributed by atoms with Gasteiger partial charge in [0.1, 0.15) is 30.8 Å². The SMILES string of the molecule is C1=COC=CO1.Cc1ccc(C)c(O)c1. The minimum Gasteiger partial charge on any atom is -0.508 e. The van der Waals surface area contributed by atoms with Crippen molar-refractivity contribution in [3.05, 3.63) is 54.4 Å². The van der Waals surface area contributed by atoms with E-state index >= 15 is 0 Å². The van der Waals surface area contributed by atoms with E-state index in [-0.39, 0.29) is 0 Å². The Morgan fingerprint density at radius 3 is 1.80 bits per heavy atom. The van der Waals surface area contributed by atoms with Crippen LogP contribution in [0, 0.1) is 13.8 Å². The Bertz CT molecular complexity index is 347. The summed E-state index contributed by atoms with van der Waals surface area (Å²) in [5, 5.41) is 9.10. The van der Waals surface area contributed by atoms with Crippen molar-refractivity contribution in [2.75, 3.05) is 0 Å². The van der Waals surface area contributed by atoms with Gasteiger partial charge in [-0.1, -0.05) is 12.1 Å². The van der Waals surface area contributed by atoms with Gasteiger partial charge in [-0.2, -0.15) is 0 Å². The average molecular weight is 206 g/mol. The zero-order valence-corrected chi connectivity index (χ0v) is 8.81. The zero-order valence-electron chi connectivity index (χ0n) is 8.81. The highest BCUT2D eigenvalue weighted by molar-refractivity contribution is 5.34. The van der Waals surface area contributed by atoms with Gasteiger partial charge in [-0.05, 0) is 31.0 Å². The van der Waals surface area contributed by atoms with E-state index in [0.29, 0.717) is 5.75 Å². The Hall–Kier alpha value is -1.90. The molecule has 80 valence electrons. The molecule has 1 aromatic rings. The molecule has 1 N–H and O–H groups in total. The van der Waals surface area contributed by atoms with Crippen molar-refractivity contribution >= 4 is 0 Å². The predicted molar refractivity (Wildman–Crippen MR) is 58.0 cm³/mol. The maximum absolute atomic E-state index is 9.10. The smallest absolute Gasteiger partial charge is 0.125 e. The molecule has 0 saturated carbocycles. The van der Waals surface area contributed by atoms with Crippen molar-refractivity contribution < 1.29 is 14.6 Å². The fraction of sp³-hybridized carbons (Fsp3) is 0.167. The fourth-order valence-corrected chi connectivity index (χ4v) is 0.938. The summed E-state index contributed by atoms with van der Waals surface area (Å²) in [6, 6.07) is 5.65. The highest BCUT2D eigenvalue weighted by Crippen LogP contribution is 2.15.